The highest BCUT2D eigenvalue weighted by Crippen LogP contribution is 2.23. The van der Waals surface area contributed by atoms with Gasteiger partial charge in [0.05, 0.1) is 0 Å². The molecule has 0 atom stereocenters. The molecule has 0 radical (unpaired) electrons. The second kappa shape index (κ2) is 9.97. The zero-order valence-electron chi connectivity index (χ0n) is 18.1. The Morgan fingerprint density at radius 1 is 1.00 bits per heavy atom. The number of urea groups is 1. The topological polar surface area (TPSA) is 73.8 Å². The largest absolute Gasteiger partial charge is 0.435 e. The standard InChI is InChI=1S/C22H28F2N6O2/c1-16-14-19(27-21(25-16)29-8-3-2-4-9-29)28-10-12-30(13-11-28)22(31)26-17-6-5-7-18(15-17)32-20(23)24/h5-7,14-15,20H,2-4,8-13H2,1H3,(H,26,31). The molecule has 2 aliphatic rings. The van der Waals surface area contributed by atoms with E-state index in [0.29, 0.717) is 31.9 Å². The molecule has 1 aromatic heterocycles. The van der Waals surface area contributed by atoms with E-state index in [1.807, 2.05) is 13.0 Å². The Morgan fingerprint density at radius 2 is 1.75 bits per heavy atom. The summed E-state index contributed by atoms with van der Waals surface area (Å²) in [6.07, 6.45) is 3.58. The third-order valence-electron chi connectivity index (χ3n) is 5.67. The van der Waals surface area contributed by atoms with Crippen LogP contribution in [0.3, 0.4) is 0 Å². The summed E-state index contributed by atoms with van der Waals surface area (Å²) >= 11 is 0. The first-order valence-electron chi connectivity index (χ1n) is 10.9. The number of carbonyl (C=O) groups is 1. The molecular weight excluding hydrogens is 418 g/mol. The van der Waals surface area contributed by atoms with Crippen molar-refractivity contribution in [2.45, 2.75) is 32.8 Å². The summed E-state index contributed by atoms with van der Waals surface area (Å²) in [5, 5.41) is 2.75. The summed E-state index contributed by atoms with van der Waals surface area (Å²) in [7, 11) is 0. The molecule has 4 rings (SSSR count). The van der Waals surface area contributed by atoms with Gasteiger partial charge in [-0.25, -0.2) is 9.78 Å². The Balaban J connectivity index is 1.35. The number of aryl methyl sites for hydroxylation is 1. The van der Waals surface area contributed by atoms with E-state index in [-0.39, 0.29) is 11.8 Å². The van der Waals surface area contributed by atoms with Crippen molar-refractivity contribution in [3.8, 4) is 5.75 Å². The van der Waals surface area contributed by atoms with Gasteiger partial charge in [-0.3, -0.25) is 0 Å². The maximum Gasteiger partial charge on any atom is 0.387 e. The number of halogens is 2. The van der Waals surface area contributed by atoms with Crippen LogP contribution >= 0.6 is 0 Å². The number of ether oxygens (including phenoxy) is 1. The quantitative estimate of drug-likeness (QED) is 0.755. The highest BCUT2D eigenvalue weighted by atomic mass is 19.3. The molecule has 8 nitrogen and oxygen atoms in total. The van der Waals surface area contributed by atoms with Crippen LogP contribution in [0.5, 0.6) is 5.75 Å². The fourth-order valence-corrected chi connectivity index (χ4v) is 4.03. The third kappa shape index (κ3) is 5.54. The summed E-state index contributed by atoms with van der Waals surface area (Å²) in [6.45, 7) is 3.40. The number of benzene rings is 1. The van der Waals surface area contributed by atoms with Gasteiger partial charge in [0.2, 0.25) is 5.95 Å². The molecule has 3 heterocycles. The number of hydrogen-bond donors (Lipinski definition) is 1. The van der Waals surface area contributed by atoms with Crippen LogP contribution in [0, 0.1) is 6.92 Å². The van der Waals surface area contributed by atoms with Gasteiger partial charge in [-0.15, -0.1) is 0 Å². The molecular formula is C22H28F2N6O2. The van der Waals surface area contributed by atoms with Gasteiger partial charge in [0.15, 0.2) is 0 Å². The second-order valence-corrected chi connectivity index (χ2v) is 8.03. The molecule has 10 heteroatoms. The maximum absolute atomic E-state index is 12.6. The van der Waals surface area contributed by atoms with Gasteiger partial charge in [0, 0.05) is 62.8 Å². The number of piperazine rings is 1. The number of hydrogen-bond acceptors (Lipinski definition) is 6. The molecule has 172 valence electrons. The van der Waals surface area contributed by atoms with Gasteiger partial charge in [-0.2, -0.15) is 13.8 Å². The molecule has 2 saturated heterocycles. The number of nitrogens with one attached hydrogen (secondary N) is 1. The summed E-state index contributed by atoms with van der Waals surface area (Å²) in [4.78, 5) is 28.2. The van der Waals surface area contributed by atoms with Gasteiger partial charge in [0.25, 0.3) is 0 Å². The lowest BCUT2D eigenvalue weighted by Crippen LogP contribution is -2.50. The fraction of sp³-hybridized carbons (Fsp3) is 0.500. The first kappa shape index (κ1) is 22.0. The number of amides is 2. The minimum Gasteiger partial charge on any atom is -0.435 e. The number of alkyl halides is 2. The lowest BCUT2D eigenvalue weighted by Gasteiger charge is -2.36. The first-order chi connectivity index (χ1) is 15.5. The van der Waals surface area contributed by atoms with E-state index in [1.165, 1.54) is 18.6 Å². The van der Waals surface area contributed by atoms with Crippen LogP contribution in [-0.2, 0) is 0 Å². The maximum atomic E-state index is 12.6. The second-order valence-electron chi connectivity index (χ2n) is 8.03. The van der Waals surface area contributed by atoms with Crippen molar-refractivity contribution in [3.05, 3.63) is 36.0 Å². The molecule has 1 aromatic carbocycles. The number of anilines is 3. The van der Waals surface area contributed by atoms with Gasteiger partial charge < -0.3 is 24.8 Å². The van der Waals surface area contributed by atoms with E-state index in [2.05, 4.69) is 24.8 Å². The highest BCUT2D eigenvalue weighted by Gasteiger charge is 2.24. The Kier molecular flexibility index (Phi) is 6.87. The number of rotatable bonds is 5. The average molecular weight is 447 g/mol. The van der Waals surface area contributed by atoms with E-state index in [1.54, 1.807) is 17.0 Å². The van der Waals surface area contributed by atoms with Crippen LogP contribution in [0.2, 0.25) is 0 Å². The molecule has 2 aromatic rings. The lowest BCUT2D eigenvalue weighted by molar-refractivity contribution is -0.0498. The third-order valence-corrected chi connectivity index (χ3v) is 5.67. The predicted molar refractivity (Wildman–Crippen MR) is 119 cm³/mol. The number of nitrogens with zero attached hydrogens (tertiary/aromatic N) is 5. The molecule has 1 N–H and O–H groups in total. The molecule has 32 heavy (non-hydrogen) atoms. The summed E-state index contributed by atoms with van der Waals surface area (Å²) < 4.78 is 29.2. The molecule has 0 saturated carbocycles. The van der Waals surface area contributed by atoms with E-state index in [4.69, 9.17) is 4.98 Å². The van der Waals surface area contributed by atoms with Crippen molar-refractivity contribution in [3.63, 3.8) is 0 Å². The van der Waals surface area contributed by atoms with Crippen molar-refractivity contribution < 1.29 is 18.3 Å². The smallest absolute Gasteiger partial charge is 0.387 e. The summed E-state index contributed by atoms with van der Waals surface area (Å²) in [5.74, 6) is 1.67. The highest BCUT2D eigenvalue weighted by molar-refractivity contribution is 5.89. The van der Waals surface area contributed by atoms with Crippen LogP contribution in [-0.4, -0.2) is 66.8 Å². The fourth-order valence-electron chi connectivity index (χ4n) is 4.03. The molecule has 0 aliphatic carbocycles. The van der Waals surface area contributed by atoms with Crippen molar-refractivity contribution >= 4 is 23.5 Å². The Morgan fingerprint density at radius 3 is 2.47 bits per heavy atom. The summed E-state index contributed by atoms with van der Waals surface area (Å²) in [6, 6.07) is 7.71. The Bertz CT molecular complexity index is 930. The van der Waals surface area contributed by atoms with E-state index in [0.717, 1.165) is 43.4 Å². The normalized spacial score (nSPS) is 16.9. The van der Waals surface area contributed by atoms with Crippen LogP contribution < -0.4 is 19.9 Å². The van der Waals surface area contributed by atoms with E-state index < -0.39 is 6.61 Å². The van der Waals surface area contributed by atoms with Crippen LogP contribution in [0.4, 0.5) is 31.0 Å². The molecule has 2 fully saturated rings. The predicted octanol–water partition coefficient (Wildman–Crippen LogP) is 3.73. The van der Waals surface area contributed by atoms with E-state index >= 15 is 0 Å². The molecule has 2 amide bonds. The Hall–Kier alpha value is -3.17. The van der Waals surface area contributed by atoms with Gasteiger partial charge in [0.1, 0.15) is 11.6 Å². The number of carbonyl (C=O) groups excluding carboxylic acids is 1. The zero-order chi connectivity index (χ0) is 22.5. The minimum atomic E-state index is -2.91. The van der Waals surface area contributed by atoms with Gasteiger partial charge in [-0.1, -0.05) is 6.07 Å². The van der Waals surface area contributed by atoms with Crippen molar-refractivity contribution in [2.24, 2.45) is 0 Å². The molecule has 0 spiro atoms. The van der Waals surface area contributed by atoms with Crippen LogP contribution in [0.1, 0.15) is 25.0 Å². The van der Waals surface area contributed by atoms with Crippen LogP contribution in [0.15, 0.2) is 30.3 Å². The number of aromatic nitrogens is 2. The monoisotopic (exact) mass is 446 g/mol. The average Bonchev–Trinajstić information content (AvgIpc) is 2.79. The van der Waals surface area contributed by atoms with Gasteiger partial charge in [-0.05, 0) is 38.3 Å². The Labute approximate surface area is 186 Å². The minimum absolute atomic E-state index is 0.00580. The van der Waals surface area contributed by atoms with Crippen molar-refractivity contribution in [1.29, 1.82) is 0 Å². The van der Waals surface area contributed by atoms with Crippen molar-refractivity contribution in [2.75, 3.05) is 54.4 Å². The summed E-state index contributed by atoms with van der Waals surface area (Å²) in [5.41, 5.74) is 1.34. The molecule has 0 unspecified atom stereocenters. The lowest BCUT2D eigenvalue weighted by atomic mass is 10.1. The van der Waals surface area contributed by atoms with E-state index in [9.17, 15) is 13.6 Å². The first-order valence-corrected chi connectivity index (χ1v) is 10.9. The van der Waals surface area contributed by atoms with Gasteiger partial charge >= 0.3 is 12.6 Å². The zero-order valence-corrected chi connectivity index (χ0v) is 18.1. The molecule has 2 aliphatic heterocycles. The number of piperidine rings is 1. The van der Waals surface area contributed by atoms with Crippen LogP contribution in [0.25, 0.3) is 0 Å². The SMILES string of the molecule is Cc1cc(N2CCN(C(=O)Nc3cccc(OC(F)F)c3)CC2)nc(N2CCCCC2)n1. The molecule has 0 bridgehead atoms. The van der Waals surface area contributed by atoms with Crippen molar-refractivity contribution in [1.82, 2.24) is 14.9 Å².